The maximum absolute atomic E-state index is 12.7. The van der Waals surface area contributed by atoms with Gasteiger partial charge in [-0.05, 0) is 18.6 Å². The van der Waals surface area contributed by atoms with Crippen LogP contribution in [0.2, 0.25) is 0 Å². The number of hydrogen-bond donors (Lipinski definition) is 3. The molecule has 8 nitrogen and oxygen atoms in total. The molecule has 0 atom stereocenters. The molecule has 0 aliphatic heterocycles. The molecule has 0 saturated carbocycles. The minimum absolute atomic E-state index is 0.0583. The van der Waals surface area contributed by atoms with Gasteiger partial charge in [0.25, 0.3) is 11.5 Å². The Labute approximate surface area is 195 Å². The number of azo groups is 1. The topological polar surface area (TPSA) is 124 Å². The van der Waals surface area contributed by atoms with Crippen LogP contribution in [0.4, 0.5) is 5.69 Å². The number of aryl methyl sites for hydroxylation is 1. The highest BCUT2D eigenvalue weighted by Gasteiger charge is 2.14. The number of fused-ring (bicyclic) bond motifs is 2. The number of benzene rings is 2. The molecule has 0 saturated heterocycles. The molecule has 164 valence electrons. The van der Waals surface area contributed by atoms with E-state index in [9.17, 15) is 14.7 Å². The molecule has 3 heterocycles. The van der Waals surface area contributed by atoms with Gasteiger partial charge < -0.3 is 15.1 Å². The molecule has 0 radical (unpaired) electrons. The Morgan fingerprint density at radius 1 is 1.15 bits per heavy atom. The molecule has 10 heteroatoms. The Morgan fingerprint density at radius 2 is 1.94 bits per heavy atom. The largest absolute Gasteiger partial charge is 0.493 e. The number of thiophene rings is 1. The monoisotopic (exact) mass is 475 g/mol. The molecule has 33 heavy (non-hydrogen) atoms. The molecule has 3 aromatic heterocycles. The van der Waals surface area contributed by atoms with E-state index in [1.165, 1.54) is 11.3 Å². The number of para-hydroxylation sites is 1. The van der Waals surface area contributed by atoms with Crippen LogP contribution in [-0.4, -0.2) is 31.7 Å². The average molecular weight is 476 g/mol. The van der Waals surface area contributed by atoms with Crippen molar-refractivity contribution in [3.05, 3.63) is 69.8 Å². The van der Waals surface area contributed by atoms with Crippen LogP contribution in [0.3, 0.4) is 0 Å². The van der Waals surface area contributed by atoms with E-state index in [1.54, 1.807) is 18.2 Å². The van der Waals surface area contributed by atoms with Crippen LogP contribution in [0.1, 0.15) is 5.56 Å². The minimum Gasteiger partial charge on any atom is -0.493 e. The maximum atomic E-state index is 12.7. The van der Waals surface area contributed by atoms with E-state index in [1.807, 2.05) is 42.6 Å². The van der Waals surface area contributed by atoms with Crippen molar-refractivity contribution in [1.29, 1.82) is 0 Å². The summed E-state index contributed by atoms with van der Waals surface area (Å²) in [6, 6.07) is 15.2. The van der Waals surface area contributed by atoms with Crippen LogP contribution < -0.4 is 5.56 Å². The Morgan fingerprint density at radius 3 is 2.76 bits per heavy atom. The molecule has 0 bridgehead atoms. The van der Waals surface area contributed by atoms with Crippen LogP contribution in [0.25, 0.3) is 32.2 Å². The second-order valence-corrected chi connectivity index (χ2v) is 9.14. The Hall–Kier alpha value is -3.76. The zero-order chi connectivity index (χ0) is 22.9. The number of nitrogens with zero attached hydrogens (tertiary/aromatic N) is 3. The lowest BCUT2D eigenvalue weighted by molar-refractivity contribution is -0.115. The van der Waals surface area contributed by atoms with Gasteiger partial charge in [0.15, 0.2) is 10.8 Å². The number of aromatic amines is 2. The number of hydrogen-bond acceptors (Lipinski definition) is 7. The first-order chi connectivity index (χ1) is 16.0. The number of amides is 1. The lowest BCUT2D eigenvalue weighted by atomic mass is 10.1. The van der Waals surface area contributed by atoms with Gasteiger partial charge in [-0.1, -0.05) is 59.8 Å². The molecule has 2 aromatic carbocycles. The predicted octanol–water partition coefficient (Wildman–Crippen LogP) is 5.55. The fourth-order valence-corrected chi connectivity index (χ4v) is 5.07. The second-order valence-electron chi connectivity index (χ2n) is 7.32. The number of aromatic nitrogens is 3. The average Bonchev–Trinajstić information content (AvgIpc) is 3.37. The first kappa shape index (κ1) is 21.1. The quantitative estimate of drug-likeness (QED) is 0.175. The lowest BCUT2D eigenvalue weighted by Gasteiger charge is -2.02. The number of nitrogens with one attached hydrogen (secondary N) is 2. The number of H-pyrrole nitrogens is 2. The highest BCUT2D eigenvalue weighted by atomic mass is 32.2. The zero-order valence-electron chi connectivity index (χ0n) is 17.3. The van der Waals surface area contributed by atoms with Gasteiger partial charge in [-0.15, -0.1) is 21.6 Å². The molecule has 0 fully saturated rings. The van der Waals surface area contributed by atoms with Gasteiger partial charge in [0.2, 0.25) is 5.88 Å². The summed E-state index contributed by atoms with van der Waals surface area (Å²) in [7, 11) is 0. The van der Waals surface area contributed by atoms with Crippen molar-refractivity contribution in [2.24, 2.45) is 10.2 Å². The van der Waals surface area contributed by atoms with Crippen molar-refractivity contribution in [2.45, 2.75) is 12.1 Å². The van der Waals surface area contributed by atoms with Crippen LogP contribution in [0.5, 0.6) is 5.88 Å². The fraction of sp³-hybridized carbons (Fsp3) is 0.0870. The Bertz CT molecular complexity index is 1580. The number of rotatable bonds is 5. The molecule has 1 amide bonds. The third kappa shape index (κ3) is 4.18. The van der Waals surface area contributed by atoms with E-state index in [0.717, 1.165) is 28.5 Å². The van der Waals surface area contributed by atoms with Crippen molar-refractivity contribution in [2.75, 3.05) is 5.75 Å². The van der Waals surface area contributed by atoms with Gasteiger partial charge in [0.05, 0.1) is 16.7 Å². The normalized spacial score (nSPS) is 11.7. The second kappa shape index (κ2) is 8.64. The van der Waals surface area contributed by atoms with E-state index in [-0.39, 0.29) is 22.9 Å². The van der Waals surface area contributed by atoms with E-state index in [0.29, 0.717) is 26.3 Å². The van der Waals surface area contributed by atoms with Gasteiger partial charge in [-0.25, -0.2) is 4.98 Å². The SMILES string of the molecule is Cc1ccc(-c2csc3nc(SCC(=O)N=Nc4c(O)[nH]c5ccccc45)[nH]c(=O)c23)cc1. The maximum Gasteiger partial charge on any atom is 0.275 e. The number of thioether (sulfide) groups is 1. The molecular formula is C23H17N5O3S2. The first-order valence-electron chi connectivity index (χ1n) is 9.95. The highest BCUT2D eigenvalue weighted by molar-refractivity contribution is 7.99. The summed E-state index contributed by atoms with van der Waals surface area (Å²) in [5.74, 6) is -0.727. The summed E-state index contributed by atoms with van der Waals surface area (Å²) in [5.41, 5.74) is 3.59. The molecule has 3 N–H and O–H groups in total. The third-order valence-corrected chi connectivity index (χ3v) is 6.77. The van der Waals surface area contributed by atoms with Gasteiger partial charge >= 0.3 is 0 Å². The molecule has 0 spiro atoms. The van der Waals surface area contributed by atoms with Gasteiger partial charge in [0.1, 0.15) is 4.83 Å². The Balaban J connectivity index is 1.33. The van der Waals surface area contributed by atoms with Crippen LogP contribution in [0, 0.1) is 6.92 Å². The van der Waals surface area contributed by atoms with E-state index in [2.05, 4.69) is 25.2 Å². The fourth-order valence-electron chi connectivity index (χ4n) is 3.42. The van der Waals surface area contributed by atoms with Crippen molar-refractivity contribution in [3.63, 3.8) is 0 Å². The Kier molecular flexibility index (Phi) is 5.53. The van der Waals surface area contributed by atoms with Crippen molar-refractivity contribution in [1.82, 2.24) is 15.0 Å². The van der Waals surface area contributed by atoms with Gasteiger partial charge in [-0.2, -0.15) is 0 Å². The van der Waals surface area contributed by atoms with Crippen molar-refractivity contribution >= 4 is 55.8 Å². The van der Waals surface area contributed by atoms with E-state index < -0.39 is 5.91 Å². The van der Waals surface area contributed by atoms with Crippen molar-refractivity contribution < 1.29 is 9.90 Å². The lowest BCUT2D eigenvalue weighted by Crippen LogP contribution is -2.09. The standard InChI is InChI=1S/C23H17N5O3S2/c1-12-6-8-13(9-7-12)15-10-32-22-18(15)20(30)25-23(26-22)33-11-17(29)27-28-19-14-4-2-3-5-16(14)24-21(19)31/h2-10,24,31H,11H2,1H3,(H,25,26,30). The number of carbonyl (C=O) groups is 1. The number of carbonyl (C=O) groups excluding carboxylic acids is 1. The summed E-state index contributed by atoms with van der Waals surface area (Å²) in [4.78, 5) is 35.6. The van der Waals surface area contributed by atoms with E-state index in [4.69, 9.17) is 0 Å². The van der Waals surface area contributed by atoms with Crippen LogP contribution >= 0.6 is 23.1 Å². The predicted molar refractivity (Wildman–Crippen MR) is 131 cm³/mol. The highest BCUT2D eigenvalue weighted by Crippen LogP contribution is 2.35. The van der Waals surface area contributed by atoms with Gasteiger partial charge in [0, 0.05) is 16.3 Å². The van der Waals surface area contributed by atoms with Crippen LogP contribution in [-0.2, 0) is 4.79 Å². The van der Waals surface area contributed by atoms with Crippen LogP contribution in [0.15, 0.2) is 74.1 Å². The molecule has 5 aromatic rings. The molecule has 5 rings (SSSR count). The molecule has 0 aliphatic rings. The zero-order valence-corrected chi connectivity index (χ0v) is 19.0. The smallest absolute Gasteiger partial charge is 0.275 e. The van der Waals surface area contributed by atoms with Gasteiger partial charge in [-0.3, -0.25) is 9.59 Å². The summed E-state index contributed by atoms with van der Waals surface area (Å²) < 4.78 is 0. The van der Waals surface area contributed by atoms with Crippen molar-refractivity contribution in [3.8, 4) is 17.0 Å². The minimum atomic E-state index is -0.515. The number of aromatic hydroxyl groups is 1. The summed E-state index contributed by atoms with van der Waals surface area (Å²) in [5, 5.41) is 21.1. The summed E-state index contributed by atoms with van der Waals surface area (Å²) in [6.07, 6.45) is 0. The molecule has 0 aliphatic carbocycles. The molecular weight excluding hydrogens is 458 g/mol. The van der Waals surface area contributed by atoms with E-state index >= 15 is 0 Å². The molecule has 0 unspecified atom stereocenters. The summed E-state index contributed by atoms with van der Waals surface area (Å²) >= 11 is 2.46. The third-order valence-electron chi connectivity index (χ3n) is 5.04. The first-order valence-corrected chi connectivity index (χ1v) is 11.8. The summed E-state index contributed by atoms with van der Waals surface area (Å²) in [6.45, 7) is 2.01.